The Balaban J connectivity index is 1.33. The molecule has 0 atom stereocenters. The third-order valence-electron chi connectivity index (χ3n) is 13.5. The number of nitrogens with zero attached hydrogens (tertiary/aromatic N) is 2. The van der Waals surface area contributed by atoms with E-state index in [4.69, 9.17) is 0 Å². The van der Waals surface area contributed by atoms with Gasteiger partial charge in [0, 0.05) is 48.4 Å². The molecule has 4 heteroatoms. The summed E-state index contributed by atoms with van der Waals surface area (Å²) in [6, 6.07) is 60.5. The maximum absolute atomic E-state index is 2.69. The van der Waals surface area contributed by atoms with Crippen LogP contribution in [0.4, 0.5) is 28.4 Å². The van der Waals surface area contributed by atoms with Gasteiger partial charge in [0.1, 0.15) is 0 Å². The molecule has 0 bridgehead atoms. The van der Waals surface area contributed by atoms with Crippen LogP contribution < -0.4 is 20.6 Å². The molecule has 3 heterocycles. The summed E-state index contributed by atoms with van der Waals surface area (Å²) in [5.74, 6) is 0. The van der Waals surface area contributed by atoms with E-state index < -0.39 is 0 Å². The van der Waals surface area contributed by atoms with E-state index in [9.17, 15) is 0 Å². The Labute approximate surface area is 371 Å². The fourth-order valence-electron chi connectivity index (χ4n) is 10.2. The fourth-order valence-corrected chi connectivity index (χ4v) is 11.3. The molecule has 0 amide bonds. The van der Waals surface area contributed by atoms with Gasteiger partial charge in [-0.1, -0.05) is 172 Å². The van der Waals surface area contributed by atoms with E-state index >= 15 is 0 Å². The molecule has 2 aliphatic heterocycles. The molecule has 0 radical (unpaired) electrons. The zero-order valence-electron chi connectivity index (χ0n) is 37.4. The second kappa shape index (κ2) is 13.7. The molecule has 0 N–H and O–H groups in total. The van der Waals surface area contributed by atoms with Crippen LogP contribution in [0.2, 0.25) is 0 Å². The van der Waals surface area contributed by atoms with E-state index in [0.29, 0.717) is 0 Å². The van der Waals surface area contributed by atoms with Gasteiger partial charge in [0.25, 0.3) is 0 Å². The van der Waals surface area contributed by atoms with Gasteiger partial charge < -0.3 is 9.71 Å². The van der Waals surface area contributed by atoms with Gasteiger partial charge in [-0.2, -0.15) is 0 Å². The Hall–Kier alpha value is -6.10. The van der Waals surface area contributed by atoms with Crippen LogP contribution in [0.3, 0.4) is 0 Å². The van der Waals surface area contributed by atoms with Gasteiger partial charge in [0.15, 0.2) is 0 Å². The number of thiophene rings is 1. The first-order valence-corrected chi connectivity index (χ1v) is 23.0. The molecule has 0 aliphatic carbocycles. The number of hydrogen-bond donors (Lipinski definition) is 0. The van der Waals surface area contributed by atoms with Crippen molar-refractivity contribution >= 4 is 88.5 Å². The minimum absolute atomic E-state index is 0.0233. The molecule has 304 valence electrons. The summed E-state index contributed by atoms with van der Waals surface area (Å²) in [6.45, 7) is 20.8. The average Bonchev–Trinajstić information content (AvgIpc) is 3.64. The van der Waals surface area contributed by atoms with Crippen molar-refractivity contribution in [2.75, 3.05) is 9.71 Å². The zero-order chi connectivity index (χ0) is 42.9. The lowest BCUT2D eigenvalue weighted by Crippen LogP contribution is -2.61. The van der Waals surface area contributed by atoms with Crippen LogP contribution in [0.15, 0.2) is 158 Å². The summed E-state index contributed by atoms with van der Waals surface area (Å²) in [7, 11) is 0. The molecular weight excluding hydrogens is 768 g/mol. The van der Waals surface area contributed by atoms with Gasteiger partial charge in [-0.15, -0.1) is 11.3 Å². The Morgan fingerprint density at radius 2 is 1.10 bits per heavy atom. The fraction of sp³-hybridized carbons (Fsp3) is 0.207. The lowest BCUT2D eigenvalue weighted by Gasteiger charge is -2.47. The van der Waals surface area contributed by atoms with E-state index in [1.807, 2.05) is 11.3 Å². The van der Waals surface area contributed by atoms with E-state index in [2.05, 4.69) is 230 Å². The smallest absolute Gasteiger partial charge is 0.333 e. The quantitative estimate of drug-likeness (QED) is 0.164. The van der Waals surface area contributed by atoms with Gasteiger partial charge in [0.05, 0.1) is 11.4 Å². The first kappa shape index (κ1) is 38.8. The standard InChI is InChI=1S/C58H53BN2S/c1-56(2,3)38-23-27-41(28-24-38)61-48-35-40(58(7,8)9)25-29-43(48)52-42-20-14-13-19-37(42)33-49-54(52)59(61)46-30-32-51-53(44-21-15-16-22-50(44)62-51)55(46)60(49)47-31-26-39(57(4,5)6)34-45(47)36-17-11-10-12-18-36/h10-35H,1-9H3. The lowest BCUT2D eigenvalue weighted by atomic mass is 9.43. The minimum atomic E-state index is -0.101. The van der Waals surface area contributed by atoms with Gasteiger partial charge >= 0.3 is 6.85 Å². The van der Waals surface area contributed by atoms with E-state index in [1.54, 1.807) is 0 Å². The Morgan fingerprint density at radius 3 is 1.82 bits per heavy atom. The molecule has 0 fully saturated rings. The largest absolute Gasteiger partial charge is 0.376 e. The van der Waals surface area contributed by atoms with Crippen LogP contribution in [-0.4, -0.2) is 6.85 Å². The van der Waals surface area contributed by atoms with Crippen molar-refractivity contribution in [1.82, 2.24) is 0 Å². The van der Waals surface area contributed by atoms with E-state index in [0.717, 1.165) is 0 Å². The third kappa shape index (κ3) is 5.98. The van der Waals surface area contributed by atoms with Crippen LogP contribution >= 0.6 is 11.3 Å². The van der Waals surface area contributed by atoms with E-state index in [1.165, 1.54) is 109 Å². The van der Waals surface area contributed by atoms with Crippen molar-refractivity contribution in [3.05, 3.63) is 174 Å². The van der Waals surface area contributed by atoms with Crippen molar-refractivity contribution in [2.45, 2.75) is 78.6 Å². The lowest BCUT2D eigenvalue weighted by molar-refractivity contribution is 0.590. The molecule has 1 aromatic heterocycles. The first-order valence-electron chi connectivity index (χ1n) is 22.2. The summed E-state index contributed by atoms with van der Waals surface area (Å²) >= 11 is 1.90. The van der Waals surface area contributed by atoms with Crippen molar-refractivity contribution in [2.24, 2.45) is 0 Å². The summed E-state index contributed by atoms with van der Waals surface area (Å²) in [5, 5.41) is 5.16. The highest BCUT2D eigenvalue weighted by Crippen LogP contribution is 2.54. The highest BCUT2D eigenvalue weighted by atomic mass is 32.1. The second-order valence-electron chi connectivity index (χ2n) is 20.6. The predicted octanol–water partition coefficient (Wildman–Crippen LogP) is 15.5. The molecular formula is C58H53BN2S. The van der Waals surface area contributed by atoms with Gasteiger partial charge in [-0.25, -0.2) is 0 Å². The van der Waals surface area contributed by atoms with Crippen molar-refractivity contribution < 1.29 is 0 Å². The Kier molecular flexibility index (Phi) is 8.57. The number of benzene rings is 8. The van der Waals surface area contributed by atoms with Crippen LogP contribution in [-0.2, 0) is 16.2 Å². The molecule has 8 aromatic carbocycles. The molecule has 0 saturated carbocycles. The molecule has 2 nitrogen and oxygen atoms in total. The molecule has 0 unspecified atom stereocenters. The average molecular weight is 821 g/mol. The van der Waals surface area contributed by atoms with Gasteiger partial charge in [0.2, 0.25) is 0 Å². The van der Waals surface area contributed by atoms with E-state index in [-0.39, 0.29) is 23.1 Å². The Bertz CT molecular complexity index is 3250. The number of hydrogen-bond acceptors (Lipinski definition) is 3. The summed E-state index contributed by atoms with van der Waals surface area (Å²) in [4.78, 5) is 5.36. The van der Waals surface area contributed by atoms with Gasteiger partial charge in [-0.05, 0) is 114 Å². The zero-order valence-corrected chi connectivity index (χ0v) is 38.2. The highest BCUT2D eigenvalue weighted by Gasteiger charge is 2.47. The second-order valence-corrected chi connectivity index (χ2v) is 21.7. The first-order chi connectivity index (χ1) is 29.7. The van der Waals surface area contributed by atoms with Gasteiger partial charge in [-0.3, -0.25) is 0 Å². The highest BCUT2D eigenvalue weighted by molar-refractivity contribution is 7.26. The molecule has 11 rings (SSSR count). The van der Waals surface area contributed by atoms with Crippen molar-refractivity contribution in [3.8, 4) is 22.3 Å². The van der Waals surface area contributed by atoms with Crippen molar-refractivity contribution in [1.29, 1.82) is 0 Å². The molecule has 62 heavy (non-hydrogen) atoms. The maximum Gasteiger partial charge on any atom is 0.333 e. The molecule has 2 aliphatic rings. The monoisotopic (exact) mass is 820 g/mol. The number of fused-ring (bicyclic) bond motifs is 10. The van der Waals surface area contributed by atoms with Crippen LogP contribution in [0.5, 0.6) is 0 Å². The number of anilines is 5. The predicted molar refractivity (Wildman–Crippen MR) is 272 cm³/mol. The SMILES string of the molecule is CC(C)(C)c1ccc(N2B3c4ccc5sc6ccccc6c5c4N(c4ccc(C(C)(C)C)cc4-c4ccccc4)c4cc5ccccc5c(c43)-c3ccc(C(C)(C)C)cc32)cc1. The van der Waals surface area contributed by atoms with Crippen LogP contribution in [0, 0.1) is 0 Å². The van der Waals surface area contributed by atoms with Crippen LogP contribution in [0.1, 0.15) is 79.0 Å². The minimum Gasteiger partial charge on any atom is -0.376 e. The summed E-state index contributed by atoms with van der Waals surface area (Å²) < 4.78 is 2.62. The van der Waals surface area contributed by atoms with Crippen molar-refractivity contribution in [3.63, 3.8) is 0 Å². The molecule has 0 spiro atoms. The normalized spacial score (nSPS) is 13.8. The molecule has 9 aromatic rings. The molecule has 0 saturated heterocycles. The van der Waals surface area contributed by atoms with Crippen LogP contribution in [0.25, 0.3) is 53.2 Å². The summed E-state index contributed by atoms with van der Waals surface area (Å²) in [5.41, 5.74) is 17.9. The summed E-state index contributed by atoms with van der Waals surface area (Å²) in [6.07, 6.45) is 0. The third-order valence-corrected chi connectivity index (χ3v) is 14.6. The number of rotatable bonds is 3. The maximum atomic E-state index is 2.69. The Morgan fingerprint density at radius 1 is 0.468 bits per heavy atom. The topological polar surface area (TPSA) is 6.48 Å².